The number of carbonyl (C=O) groups is 2. The third-order valence-corrected chi connectivity index (χ3v) is 4.83. The Bertz CT molecular complexity index is 650. The number of rotatable bonds is 4. The summed E-state index contributed by atoms with van der Waals surface area (Å²) in [6.07, 6.45) is 0.369. The predicted molar refractivity (Wildman–Crippen MR) is 86.4 cm³/mol. The summed E-state index contributed by atoms with van der Waals surface area (Å²) in [6.45, 7) is 3.71. The van der Waals surface area contributed by atoms with E-state index in [4.69, 9.17) is 11.6 Å². The van der Waals surface area contributed by atoms with E-state index in [9.17, 15) is 19.7 Å². The fourth-order valence-electron chi connectivity index (χ4n) is 2.45. The van der Waals surface area contributed by atoms with Crippen molar-refractivity contribution in [3.63, 3.8) is 0 Å². The van der Waals surface area contributed by atoms with Crippen LogP contribution in [0.4, 0.5) is 11.4 Å². The van der Waals surface area contributed by atoms with E-state index in [1.54, 1.807) is 11.8 Å². The van der Waals surface area contributed by atoms with Crippen molar-refractivity contribution in [3.05, 3.63) is 32.8 Å². The molecular formula is C14H15ClN2O4S. The van der Waals surface area contributed by atoms with Gasteiger partial charge in [-0.1, -0.05) is 23.4 Å². The number of halogens is 1. The Morgan fingerprint density at radius 3 is 2.82 bits per heavy atom. The van der Waals surface area contributed by atoms with E-state index in [1.165, 1.54) is 30.8 Å². The Labute approximate surface area is 137 Å². The minimum atomic E-state index is -0.544. The first-order valence-electron chi connectivity index (χ1n) is 6.68. The highest BCUT2D eigenvalue weighted by Crippen LogP contribution is 2.35. The summed E-state index contributed by atoms with van der Waals surface area (Å²) in [5.41, 5.74) is 1.05. The van der Waals surface area contributed by atoms with Crippen LogP contribution < -0.4 is 4.90 Å². The van der Waals surface area contributed by atoms with Crippen LogP contribution in [0, 0.1) is 23.0 Å². The molecule has 0 bridgehead atoms. The van der Waals surface area contributed by atoms with Crippen LogP contribution in [0.5, 0.6) is 0 Å². The Kier molecular flexibility index (Phi) is 5.08. The van der Waals surface area contributed by atoms with Crippen LogP contribution >= 0.6 is 23.4 Å². The van der Waals surface area contributed by atoms with Gasteiger partial charge in [-0.05, 0) is 24.5 Å². The Morgan fingerprint density at radius 2 is 2.23 bits per heavy atom. The molecule has 1 aliphatic rings. The van der Waals surface area contributed by atoms with Gasteiger partial charge < -0.3 is 4.90 Å². The summed E-state index contributed by atoms with van der Waals surface area (Å²) in [4.78, 5) is 35.1. The Hall–Kier alpha value is -1.60. The number of nitro groups is 1. The van der Waals surface area contributed by atoms with Crippen LogP contribution in [0.1, 0.15) is 18.9 Å². The van der Waals surface area contributed by atoms with Gasteiger partial charge in [0.1, 0.15) is 5.02 Å². The molecule has 1 aliphatic heterocycles. The number of anilines is 1. The average molecular weight is 343 g/mol. The molecule has 22 heavy (non-hydrogen) atoms. The van der Waals surface area contributed by atoms with Gasteiger partial charge in [-0.2, -0.15) is 0 Å². The number of nitrogens with zero attached hydrogens (tertiary/aromatic N) is 2. The van der Waals surface area contributed by atoms with Crippen LogP contribution in [-0.2, 0) is 9.59 Å². The number of nitro benzene ring substituents is 1. The number of amides is 1. The maximum Gasteiger partial charge on any atom is 0.288 e. The largest absolute Gasteiger partial charge is 0.312 e. The van der Waals surface area contributed by atoms with Gasteiger partial charge in [-0.25, -0.2) is 0 Å². The van der Waals surface area contributed by atoms with Crippen LogP contribution in [0.25, 0.3) is 0 Å². The third kappa shape index (κ3) is 3.59. The third-order valence-electron chi connectivity index (χ3n) is 3.48. The number of hydrogen-bond acceptors (Lipinski definition) is 5. The second kappa shape index (κ2) is 6.66. The molecule has 1 unspecified atom stereocenters. The summed E-state index contributed by atoms with van der Waals surface area (Å²) in [5, 5.41) is 10.9. The van der Waals surface area contributed by atoms with Crippen molar-refractivity contribution in [1.82, 2.24) is 0 Å². The second-order valence-corrected chi connectivity index (χ2v) is 6.83. The van der Waals surface area contributed by atoms with E-state index in [0.29, 0.717) is 30.0 Å². The molecule has 0 N–H and O–H groups in total. The van der Waals surface area contributed by atoms with Crippen LogP contribution in [0.2, 0.25) is 5.02 Å². The van der Waals surface area contributed by atoms with Crippen molar-refractivity contribution in [2.24, 2.45) is 5.92 Å². The monoisotopic (exact) mass is 342 g/mol. The second-order valence-electron chi connectivity index (χ2n) is 5.22. The van der Waals surface area contributed by atoms with Gasteiger partial charge in [0.2, 0.25) is 5.91 Å². The van der Waals surface area contributed by atoms with Crippen molar-refractivity contribution < 1.29 is 14.5 Å². The topological polar surface area (TPSA) is 80.5 Å². The lowest BCUT2D eigenvalue weighted by atomic mass is 10.1. The minimum absolute atomic E-state index is 0.0139. The van der Waals surface area contributed by atoms with E-state index in [1.807, 2.05) is 0 Å². The van der Waals surface area contributed by atoms with Gasteiger partial charge in [0, 0.05) is 37.4 Å². The lowest BCUT2D eigenvalue weighted by Gasteiger charge is -2.19. The molecule has 118 valence electrons. The molecule has 6 nitrogen and oxygen atoms in total. The summed E-state index contributed by atoms with van der Waals surface area (Å²) in [7, 11) is 0. The minimum Gasteiger partial charge on any atom is -0.312 e. The highest BCUT2D eigenvalue weighted by Gasteiger charge is 2.32. The number of hydrogen-bond donors (Lipinski definition) is 0. The van der Waals surface area contributed by atoms with Gasteiger partial charge in [0.05, 0.1) is 4.92 Å². The summed E-state index contributed by atoms with van der Waals surface area (Å²) < 4.78 is 0. The summed E-state index contributed by atoms with van der Waals surface area (Å²) >= 11 is 7.14. The summed E-state index contributed by atoms with van der Waals surface area (Å²) in [5.74, 6) is 0.633. The molecule has 0 spiro atoms. The molecule has 1 fully saturated rings. The predicted octanol–water partition coefficient (Wildman–Crippen LogP) is 3.19. The molecule has 0 aromatic heterocycles. The zero-order chi connectivity index (χ0) is 16.4. The number of aryl methyl sites for hydroxylation is 1. The fourth-order valence-corrected chi connectivity index (χ4v) is 3.37. The van der Waals surface area contributed by atoms with Crippen molar-refractivity contribution in [1.29, 1.82) is 0 Å². The first-order chi connectivity index (χ1) is 10.3. The average Bonchev–Trinajstić information content (AvgIpc) is 2.79. The van der Waals surface area contributed by atoms with Crippen molar-refractivity contribution in [2.75, 3.05) is 17.2 Å². The molecule has 1 amide bonds. The van der Waals surface area contributed by atoms with Gasteiger partial charge in [-0.3, -0.25) is 19.7 Å². The van der Waals surface area contributed by atoms with Crippen LogP contribution in [0.15, 0.2) is 12.1 Å². The van der Waals surface area contributed by atoms with Gasteiger partial charge >= 0.3 is 0 Å². The molecule has 1 aromatic carbocycles. The lowest BCUT2D eigenvalue weighted by molar-refractivity contribution is -0.384. The van der Waals surface area contributed by atoms with Crippen molar-refractivity contribution in [3.8, 4) is 0 Å². The van der Waals surface area contributed by atoms with Crippen molar-refractivity contribution >= 4 is 45.8 Å². The quantitative estimate of drug-likeness (QED) is 0.620. The zero-order valence-corrected chi connectivity index (χ0v) is 13.7. The molecule has 1 aromatic rings. The molecule has 1 atom stereocenters. The van der Waals surface area contributed by atoms with Crippen LogP contribution in [0.3, 0.4) is 0 Å². The standard InChI is InChI=1S/C14H15ClN2O4S/c1-8-3-13(17(20)21)11(15)5-12(8)16-6-10(4-14(16)19)7-22-9(2)18/h3,5,10H,4,6-7H2,1-2H3. The summed E-state index contributed by atoms with van der Waals surface area (Å²) in [6, 6.07) is 2.84. The number of carbonyl (C=O) groups excluding carboxylic acids is 2. The maximum absolute atomic E-state index is 12.2. The van der Waals surface area contributed by atoms with Crippen LogP contribution in [-0.4, -0.2) is 28.2 Å². The van der Waals surface area contributed by atoms with Gasteiger partial charge in [0.15, 0.2) is 5.12 Å². The lowest BCUT2D eigenvalue weighted by Crippen LogP contribution is -2.25. The fraction of sp³-hybridized carbons (Fsp3) is 0.429. The molecular weight excluding hydrogens is 328 g/mol. The van der Waals surface area contributed by atoms with E-state index in [0.717, 1.165) is 0 Å². The van der Waals surface area contributed by atoms with Crippen molar-refractivity contribution in [2.45, 2.75) is 20.3 Å². The Balaban J connectivity index is 2.21. The normalized spacial score (nSPS) is 17.9. The molecule has 2 rings (SSSR count). The molecule has 0 saturated carbocycles. The first kappa shape index (κ1) is 16.8. The maximum atomic E-state index is 12.2. The van der Waals surface area contributed by atoms with E-state index in [2.05, 4.69) is 0 Å². The van der Waals surface area contributed by atoms with Gasteiger partial charge in [0.25, 0.3) is 5.69 Å². The number of benzene rings is 1. The van der Waals surface area contributed by atoms with Gasteiger partial charge in [-0.15, -0.1) is 0 Å². The smallest absolute Gasteiger partial charge is 0.288 e. The molecule has 8 heteroatoms. The molecule has 0 radical (unpaired) electrons. The number of thioether (sulfide) groups is 1. The van der Waals surface area contributed by atoms with E-state index >= 15 is 0 Å². The molecule has 0 aliphatic carbocycles. The Morgan fingerprint density at radius 1 is 1.55 bits per heavy atom. The first-order valence-corrected chi connectivity index (χ1v) is 8.04. The zero-order valence-electron chi connectivity index (χ0n) is 12.2. The molecule has 1 heterocycles. The highest BCUT2D eigenvalue weighted by atomic mass is 35.5. The highest BCUT2D eigenvalue weighted by molar-refractivity contribution is 8.13. The SMILES string of the molecule is CC(=O)SCC1CC(=O)N(c2cc(Cl)c([N+](=O)[O-])cc2C)C1. The molecule has 1 saturated heterocycles. The van der Waals surface area contributed by atoms with E-state index < -0.39 is 4.92 Å². The van der Waals surface area contributed by atoms with E-state index in [-0.39, 0.29) is 27.7 Å².